The lowest BCUT2D eigenvalue weighted by atomic mass is 10.2. The van der Waals surface area contributed by atoms with Gasteiger partial charge in [0.1, 0.15) is 5.56 Å². The molecule has 8 nitrogen and oxygen atoms in total. The zero-order valence-corrected chi connectivity index (χ0v) is 18.1. The zero-order valence-electron chi connectivity index (χ0n) is 16.6. The van der Waals surface area contributed by atoms with Crippen LogP contribution in [0.15, 0.2) is 35.6 Å². The van der Waals surface area contributed by atoms with Crippen molar-refractivity contribution in [2.45, 2.75) is 32.1 Å². The highest BCUT2D eigenvalue weighted by atomic mass is 35.5. The number of nitrogens with one attached hydrogen (secondary N) is 1. The highest BCUT2D eigenvalue weighted by Gasteiger charge is 2.19. The number of hydrogen-bond donors (Lipinski definition) is 1. The zero-order chi connectivity index (χ0) is 20.8. The predicted molar refractivity (Wildman–Crippen MR) is 113 cm³/mol. The van der Waals surface area contributed by atoms with E-state index in [9.17, 15) is 4.79 Å². The van der Waals surface area contributed by atoms with Crippen molar-refractivity contribution < 1.29 is 9.53 Å². The third kappa shape index (κ3) is 5.10. The molecule has 0 radical (unpaired) electrons. The molecular weight excluding hydrogens is 412 g/mol. The molecule has 29 heavy (non-hydrogen) atoms. The van der Waals surface area contributed by atoms with Gasteiger partial charge in [-0.25, -0.2) is 0 Å². The Kier molecular flexibility index (Phi) is 7.16. The second-order valence-corrected chi connectivity index (χ2v) is 7.51. The standard InChI is InChI=1S/C19H23ClN6O2S/c1-4-26-11-14(18(24-26)28-5-2)17-22-23-19(25(17)3)29-12-16(27)21-10-13-8-6-7-9-15(13)20/h6-9,11H,4-5,10,12H2,1-3H3,(H,21,27). The first-order valence-corrected chi connectivity index (χ1v) is 10.6. The highest BCUT2D eigenvalue weighted by molar-refractivity contribution is 7.99. The van der Waals surface area contributed by atoms with Gasteiger partial charge >= 0.3 is 0 Å². The summed E-state index contributed by atoms with van der Waals surface area (Å²) in [4.78, 5) is 12.2. The van der Waals surface area contributed by atoms with Gasteiger partial charge in [-0.2, -0.15) is 0 Å². The number of nitrogens with zero attached hydrogens (tertiary/aromatic N) is 5. The lowest BCUT2D eigenvalue weighted by molar-refractivity contribution is -0.118. The van der Waals surface area contributed by atoms with Gasteiger partial charge in [0.2, 0.25) is 11.8 Å². The molecule has 154 valence electrons. The SMILES string of the molecule is CCOc1nn(CC)cc1-c1nnc(SCC(=O)NCc2ccccc2Cl)n1C. The van der Waals surface area contributed by atoms with Crippen LogP contribution in [0.3, 0.4) is 0 Å². The minimum Gasteiger partial charge on any atom is -0.476 e. The van der Waals surface area contributed by atoms with Crippen LogP contribution in [0.25, 0.3) is 11.4 Å². The third-order valence-corrected chi connectivity index (χ3v) is 5.56. The number of ether oxygens (including phenoxy) is 1. The summed E-state index contributed by atoms with van der Waals surface area (Å²) in [5, 5.41) is 17.0. The van der Waals surface area contributed by atoms with Crippen molar-refractivity contribution in [1.82, 2.24) is 29.9 Å². The Morgan fingerprint density at radius 2 is 2.07 bits per heavy atom. The number of carbonyl (C=O) groups excluding carboxylic acids is 1. The molecule has 0 aliphatic carbocycles. The molecule has 10 heteroatoms. The average molecular weight is 435 g/mol. The molecule has 0 saturated heterocycles. The Bertz CT molecular complexity index is 987. The van der Waals surface area contributed by atoms with Gasteiger partial charge in [-0.1, -0.05) is 41.6 Å². The van der Waals surface area contributed by atoms with Gasteiger partial charge in [0, 0.05) is 31.4 Å². The summed E-state index contributed by atoms with van der Waals surface area (Å²) < 4.78 is 9.26. The number of hydrogen-bond acceptors (Lipinski definition) is 6. The normalized spacial score (nSPS) is 10.9. The third-order valence-electron chi connectivity index (χ3n) is 4.17. The first kappa shape index (κ1) is 21.2. The van der Waals surface area contributed by atoms with Crippen molar-refractivity contribution >= 4 is 29.3 Å². The van der Waals surface area contributed by atoms with Gasteiger partial charge in [0.25, 0.3) is 0 Å². The largest absolute Gasteiger partial charge is 0.476 e. The van der Waals surface area contributed by atoms with E-state index in [-0.39, 0.29) is 11.7 Å². The van der Waals surface area contributed by atoms with E-state index in [4.69, 9.17) is 16.3 Å². The molecule has 2 aromatic heterocycles. The van der Waals surface area contributed by atoms with Gasteiger partial charge in [0.05, 0.1) is 12.4 Å². The molecule has 0 unspecified atom stereocenters. The fraction of sp³-hybridized carbons (Fsp3) is 0.368. The van der Waals surface area contributed by atoms with E-state index < -0.39 is 0 Å². The maximum Gasteiger partial charge on any atom is 0.243 e. The fourth-order valence-corrected chi connectivity index (χ4v) is 3.60. The lowest BCUT2D eigenvalue weighted by Gasteiger charge is -2.07. The minimum atomic E-state index is -0.103. The average Bonchev–Trinajstić information content (AvgIpc) is 3.29. The van der Waals surface area contributed by atoms with E-state index in [2.05, 4.69) is 20.6 Å². The van der Waals surface area contributed by atoms with Crippen LogP contribution in [0.2, 0.25) is 5.02 Å². The molecule has 1 amide bonds. The molecule has 1 aromatic carbocycles. The summed E-state index contributed by atoms with van der Waals surface area (Å²) in [5.74, 6) is 1.29. The Hall–Kier alpha value is -2.52. The van der Waals surface area contributed by atoms with Crippen LogP contribution < -0.4 is 10.1 Å². The Morgan fingerprint density at radius 1 is 1.28 bits per heavy atom. The molecule has 0 spiro atoms. The number of aryl methyl sites for hydroxylation is 1. The lowest BCUT2D eigenvalue weighted by Crippen LogP contribution is -2.24. The van der Waals surface area contributed by atoms with Crippen molar-refractivity contribution in [2.24, 2.45) is 7.05 Å². The maximum atomic E-state index is 12.2. The number of thioether (sulfide) groups is 1. The molecule has 0 fully saturated rings. The highest BCUT2D eigenvalue weighted by Crippen LogP contribution is 2.29. The monoisotopic (exact) mass is 434 g/mol. The van der Waals surface area contributed by atoms with Crippen molar-refractivity contribution in [2.75, 3.05) is 12.4 Å². The summed E-state index contributed by atoms with van der Waals surface area (Å²) in [7, 11) is 1.86. The van der Waals surface area contributed by atoms with Gasteiger partial charge in [-0.15, -0.1) is 15.3 Å². The van der Waals surface area contributed by atoms with E-state index >= 15 is 0 Å². The molecule has 0 aliphatic rings. The van der Waals surface area contributed by atoms with E-state index in [0.717, 1.165) is 17.7 Å². The fourth-order valence-electron chi connectivity index (χ4n) is 2.65. The molecule has 0 bridgehead atoms. The molecule has 1 N–H and O–H groups in total. The van der Waals surface area contributed by atoms with Gasteiger partial charge in [0.15, 0.2) is 11.0 Å². The van der Waals surface area contributed by atoms with Crippen LogP contribution in [0.5, 0.6) is 5.88 Å². The molecule has 2 heterocycles. The summed E-state index contributed by atoms with van der Waals surface area (Å²) in [6.45, 7) is 5.54. The minimum absolute atomic E-state index is 0.103. The van der Waals surface area contributed by atoms with Crippen molar-refractivity contribution in [1.29, 1.82) is 0 Å². The van der Waals surface area contributed by atoms with Crippen LogP contribution in [0, 0.1) is 0 Å². The van der Waals surface area contributed by atoms with Crippen molar-refractivity contribution in [3.63, 3.8) is 0 Å². The summed E-state index contributed by atoms with van der Waals surface area (Å²) in [5.41, 5.74) is 1.66. The molecule has 0 saturated carbocycles. The Labute approximate surface area is 178 Å². The van der Waals surface area contributed by atoms with Crippen molar-refractivity contribution in [3.05, 3.63) is 41.0 Å². The molecule has 3 aromatic rings. The Morgan fingerprint density at radius 3 is 2.79 bits per heavy atom. The van der Waals surface area contributed by atoms with E-state index in [1.165, 1.54) is 11.8 Å². The molecule has 0 atom stereocenters. The second-order valence-electron chi connectivity index (χ2n) is 6.16. The van der Waals surface area contributed by atoms with E-state index in [1.807, 2.05) is 49.9 Å². The van der Waals surface area contributed by atoms with Crippen molar-refractivity contribution in [3.8, 4) is 17.3 Å². The number of halogens is 1. The number of aromatic nitrogens is 5. The van der Waals surface area contributed by atoms with Gasteiger partial charge in [-0.3, -0.25) is 9.48 Å². The van der Waals surface area contributed by atoms with Gasteiger partial charge < -0.3 is 14.6 Å². The van der Waals surface area contributed by atoms with Crippen LogP contribution in [0.4, 0.5) is 0 Å². The quantitative estimate of drug-likeness (QED) is 0.520. The topological polar surface area (TPSA) is 86.9 Å². The van der Waals surface area contributed by atoms with Gasteiger partial charge in [-0.05, 0) is 25.5 Å². The van der Waals surface area contributed by atoms with E-state index in [1.54, 1.807) is 10.7 Å². The molecular formula is C19H23ClN6O2S. The smallest absolute Gasteiger partial charge is 0.243 e. The summed E-state index contributed by atoms with van der Waals surface area (Å²) in [6.07, 6.45) is 1.89. The number of carbonyl (C=O) groups is 1. The van der Waals surface area contributed by atoms with E-state index in [0.29, 0.717) is 35.0 Å². The number of benzene rings is 1. The number of rotatable bonds is 9. The van der Waals surface area contributed by atoms with Crippen LogP contribution >= 0.6 is 23.4 Å². The van der Waals surface area contributed by atoms with Crippen LogP contribution in [0.1, 0.15) is 19.4 Å². The first-order chi connectivity index (χ1) is 14.0. The van der Waals surface area contributed by atoms with Crippen LogP contribution in [-0.2, 0) is 24.9 Å². The summed E-state index contributed by atoms with van der Waals surface area (Å²) >= 11 is 7.43. The molecule has 3 rings (SSSR count). The molecule has 0 aliphatic heterocycles. The van der Waals surface area contributed by atoms with Crippen LogP contribution in [-0.4, -0.2) is 42.8 Å². The summed E-state index contributed by atoms with van der Waals surface area (Å²) in [6, 6.07) is 7.43. The predicted octanol–water partition coefficient (Wildman–Crippen LogP) is 3.16. The maximum absolute atomic E-state index is 12.2. The number of amides is 1. The Balaban J connectivity index is 1.63. The second kappa shape index (κ2) is 9.80. The first-order valence-electron chi connectivity index (χ1n) is 9.26.